The molecular formula is C13H18N2. The Hall–Kier alpha value is -1.31. The maximum absolute atomic E-state index is 4.50. The van der Waals surface area contributed by atoms with E-state index in [-0.39, 0.29) is 0 Å². The van der Waals surface area contributed by atoms with Crippen LogP contribution in [0.15, 0.2) is 35.4 Å². The van der Waals surface area contributed by atoms with Gasteiger partial charge in [-0.05, 0) is 18.6 Å². The summed E-state index contributed by atoms with van der Waals surface area (Å²) in [5.74, 6) is 0.560. The number of anilines is 1. The molecule has 15 heavy (non-hydrogen) atoms. The predicted molar refractivity (Wildman–Crippen MR) is 65.3 cm³/mol. The predicted octanol–water partition coefficient (Wildman–Crippen LogP) is 3.30. The van der Waals surface area contributed by atoms with Crippen LogP contribution in [0.2, 0.25) is 0 Å². The Morgan fingerprint density at radius 2 is 2.00 bits per heavy atom. The highest BCUT2D eigenvalue weighted by atomic mass is 15.5. The third kappa shape index (κ3) is 2.04. The van der Waals surface area contributed by atoms with Crippen molar-refractivity contribution < 1.29 is 0 Å². The normalized spacial score (nSPS) is 24.8. The topological polar surface area (TPSA) is 15.6 Å². The average Bonchev–Trinajstić information content (AvgIpc) is 2.63. The van der Waals surface area contributed by atoms with Gasteiger partial charge in [-0.3, -0.25) is 5.01 Å². The zero-order valence-corrected chi connectivity index (χ0v) is 9.43. The lowest BCUT2D eigenvalue weighted by Gasteiger charge is -2.25. The van der Waals surface area contributed by atoms with Crippen molar-refractivity contribution in [1.82, 2.24) is 0 Å². The molecule has 2 atom stereocenters. The molecule has 80 valence electrons. The second kappa shape index (κ2) is 4.47. The lowest BCUT2D eigenvalue weighted by molar-refractivity contribution is 0.516. The van der Waals surface area contributed by atoms with Crippen LogP contribution < -0.4 is 5.01 Å². The van der Waals surface area contributed by atoms with Crippen molar-refractivity contribution in [3.05, 3.63) is 30.3 Å². The largest absolute Gasteiger partial charge is 0.262 e. The molecule has 1 aliphatic heterocycles. The van der Waals surface area contributed by atoms with Crippen molar-refractivity contribution >= 4 is 11.9 Å². The van der Waals surface area contributed by atoms with Gasteiger partial charge in [-0.2, -0.15) is 5.10 Å². The van der Waals surface area contributed by atoms with Crippen LogP contribution in [0.5, 0.6) is 0 Å². The van der Waals surface area contributed by atoms with E-state index in [9.17, 15) is 0 Å². The Kier molecular flexibility index (Phi) is 3.05. The monoisotopic (exact) mass is 202 g/mol. The summed E-state index contributed by atoms with van der Waals surface area (Å²) in [4.78, 5) is 0. The Morgan fingerprint density at radius 1 is 1.27 bits per heavy atom. The van der Waals surface area contributed by atoms with Crippen LogP contribution in [0.3, 0.4) is 0 Å². The smallest absolute Gasteiger partial charge is 0.0601 e. The lowest BCUT2D eigenvalue weighted by Crippen LogP contribution is -2.30. The first kappa shape index (κ1) is 10.2. The van der Waals surface area contributed by atoms with E-state index in [0.29, 0.717) is 12.0 Å². The molecule has 0 aliphatic carbocycles. The summed E-state index contributed by atoms with van der Waals surface area (Å²) in [5, 5.41) is 6.66. The molecule has 0 N–H and O–H groups in total. The highest BCUT2D eigenvalue weighted by Crippen LogP contribution is 2.27. The van der Waals surface area contributed by atoms with Gasteiger partial charge in [0.15, 0.2) is 0 Å². The molecule has 0 radical (unpaired) electrons. The van der Waals surface area contributed by atoms with Gasteiger partial charge in [0.1, 0.15) is 0 Å². The van der Waals surface area contributed by atoms with Crippen molar-refractivity contribution in [3.63, 3.8) is 0 Å². The second-order valence-corrected chi connectivity index (χ2v) is 4.16. The molecule has 1 aliphatic rings. The van der Waals surface area contributed by atoms with Crippen LogP contribution in [0.4, 0.5) is 5.69 Å². The summed E-state index contributed by atoms with van der Waals surface area (Å²) in [7, 11) is 0. The molecule has 0 saturated carbocycles. The van der Waals surface area contributed by atoms with Crippen molar-refractivity contribution in [2.24, 2.45) is 11.0 Å². The lowest BCUT2D eigenvalue weighted by atomic mass is 9.99. The summed E-state index contributed by atoms with van der Waals surface area (Å²) < 4.78 is 0. The van der Waals surface area contributed by atoms with Crippen LogP contribution in [0, 0.1) is 5.92 Å². The number of rotatable bonds is 3. The van der Waals surface area contributed by atoms with E-state index in [1.165, 1.54) is 18.5 Å². The molecular weight excluding hydrogens is 184 g/mol. The maximum atomic E-state index is 4.50. The van der Waals surface area contributed by atoms with Crippen LogP contribution in [0.25, 0.3) is 0 Å². The van der Waals surface area contributed by atoms with Crippen molar-refractivity contribution in [3.8, 4) is 0 Å². The summed E-state index contributed by atoms with van der Waals surface area (Å²) in [6.45, 7) is 4.47. The Balaban J connectivity index is 2.18. The summed E-state index contributed by atoms with van der Waals surface area (Å²) in [6.07, 6.45) is 4.48. The maximum Gasteiger partial charge on any atom is 0.0601 e. The molecule has 0 saturated heterocycles. The molecule has 2 nitrogen and oxygen atoms in total. The van der Waals surface area contributed by atoms with Crippen molar-refractivity contribution in [1.29, 1.82) is 0 Å². The van der Waals surface area contributed by atoms with Crippen molar-refractivity contribution in [2.75, 3.05) is 5.01 Å². The van der Waals surface area contributed by atoms with Gasteiger partial charge in [0.05, 0.1) is 11.7 Å². The van der Waals surface area contributed by atoms with E-state index >= 15 is 0 Å². The van der Waals surface area contributed by atoms with E-state index in [2.05, 4.69) is 54.4 Å². The second-order valence-electron chi connectivity index (χ2n) is 4.16. The van der Waals surface area contributed by atoms with Crippen molar-refractivity contribution in [2.45, 2.75) is 32.7 Å². The zero-order chi connectivity index (χ0) is 10.7. The Bertz CT molecular complexity index is 332. The minimum absolute atomic E-state index is 0.539. The molecule has 2 unspecified atom stereocenters. The van der Waals surface area contributed by atoms with Gasteiger partial charge in [-0.1, -0.05) is 38.5 Å². The fourth-order valence-electron chi connectivity index (χ4n) is 2.10. The molecule has 2 heteroatoms. The van der Waals surface area contributed by atoms with Gasteiger partial charge in [0.2, 0.25) is 0 Å². The van der Waals surface area contributed by atoms with Gasteiger partial charge in [0, 0.05) is 12.1 Å². The minimum Gasteiger partial charge on any atom is -0.262 e. The minimum atomic E-state index is 0.539. The van der Waals surface area contributed by atoms with E-state index in [0.717, 1.165) is 0 Å². The van der Waals surface area contributed by atoms with Crippen LogP contribution in [-0.4, -0.2) is 12.3 Å². The van der Waals surface area contributed by atoms with Crippen LogP contribution in [-0.2, 0) is 0 Å². The molecule has 0 fully saturated rings. The zero-order valence-electron chi connectivity index (χ0n) is 9.43. The fraction of sp³-hybridized carbons (Fsp3) is 0.462. The highest BCUT2D eigenvalue weighted by molar-refractivity contribution is 5.69. The number of hydrogen-bond acceptors (Lipinski definition) is 2. The molecule has 1 aromatic carbocycles. The van der Waals surface area contributed by atoms with E-state index in [1.807, 2.05) is 6.07 Å². The third-order valence-corrected chi connectivity index (χ3v) is 2.95. The summed E-state index contributed by atoms with van der Waals surface area (Å²) >= 11 is 0. The van der Waals surface area contributed by atoms with E-state index in [4.69, 9.17) is 0 Å². The SMILES string of the molecule is CCCC1C(C)C=NN1c1ccccc1. The number of benzene rings is 1. The molecule has 1 aromatic rings. The number of para-hydroxylation sites is 1. The molecule has 1 heterocycles. The molecule has 0 bridgehead atoms. The summed E-state index contributed by atoms with van der Waals surface area (Å²) in [5.41, 5.74) is 1.21. The first-order valence-corrected chi connectivity index (χ1v) is 5.71. The molecule has 0 spiro atoms. The fourth-order valence-corrected chi connectivity index (χ4v) is 2.10. The first-order valence-electron chi connectivity index (χ1n) is 5.71. The van der Waals surface area contributed by atoms with Gasteiger partial charge in [-0.25, -0.2) is 0 Å². The van der Waals surface area contributed by atoms with Gasteiger partial charge < -0.3 is 0 Å². The molecule has 0 amide bonds. The number of hydrogen-bond donors (Lipinski definition) is 0. The highest BCUT2D eigenvalue weighted by Gasteiger charge is 2.27. The van der Waals surface area contributed by atoms with Gasteiger partial charge in [0.25, 0.3) is 0 Å². The van der Waals surface area contributed by atoms with Gasteiger partial charge in [-0.15, -0.1) is 0 Å². The Morgan fingerprint density at radius 3 is 2.67 bits per heavy atom. The quantitative estimate of drug-likeness (QED) is 0.734. The standard InChI is InChI=1S/C13H18N2/c1-3-7-13-11(2)10-14-15(13)12-8-5-4-6-9-12/h4-6,8-11,13H,3,7H2,1-2H3. The third-order valence-electron chi connectivity index (χ3n) is 2.95. The molecule has 2 rings (SSSR count). The summed E-state index contributed by atoms with van der Waals surface area (Å²) in [6, 6.07) is 11.0. The first-order chi connectivity index (χ1) is 7.33. The number of hydrazone groups is 1. The van der Waals surface area contributed by atoms with Crippen LogP contribution in [0.1, 0.15) is 26.7 Å². The van der Waals surface area contributed by atoms with E-state index < -0.39 is 0 Å². The van der Waals surface area contributed by atoms with E-state index in [1.54, 1.807) is 0 Å². The van der Waals surface area contributed by atoms with Crippen LogP contribution >= 0.6 is 0 Å². The van der Waals surface area contributed by atoms with Gasteiger partial charge >= 0.3 is 0 Å². The average molecular weight is 202 g/mol. The molecule has 0 aromatic heterocycles. The Labute approximate surface area is 91.6 Å². The number of nitrogens with zero attached hydrogens (tertiary/aromatic N) is 2.